The van der Waals surface area contributed by atoms with Crippen molar-refractivity contribution < 1.29 is 0 Å². The summed E-state index contributed by atoms with van der Waals surface area (Å²) in [5, 5.41) is 3.25. The highest BCUT2D eigenvalue weighted by molar-refractivity contribution is 5.55. The van der Waals surface area contributed by atoms with Gasteiger partial charge in [0.15, 0.2) is 0 Å². The van der Waals surface area contributed by atoms with E-state index in [2.05, 4.69) is 47.3 Å². The van der Waals surface area contributed by atoms with Crippen LogP contribution in [-0.4, -0.2) is 26.2 Å². The lowest BCUT2D eigenvalue weighted by atomic mass is 9.94. The van der Waals surface area contributed by atoms with E-state index in [0.29, 0.717) is 6.54 Å². The van der Waals surface area contributed by atoms with E-state index in [0.717, 1.165) is 25.6 Å². The fraction of sp³-hybridized carbons (Fsp3) is 0.467. The minimum Gasteiger partial charge on any atom is -0.370 e. The van der Waals surface area contributed by atoms with E-state index in [4.69, 9.17) is 6.42 Å². The van der Waals surface area contributed by atoms with Gasteiger partial charge in [0.25, 0.3) is 0 Å². The monoisotopic (exact) mass is 228 g/mol. The number of benzene rings is 1. The predicted molar refractivity (Wildman–Crippen MR) is 73.2 cm³/mol. The van der Waals surface area contributed by atoms with E-state index in [1.807, 2.05) is 0 Å². The Morgan fingerprint density at radius 2 is 2.29 bits per heavy atom. The Kier molecular flexibility index (Phi) is 4.06. The topological polar surface area (TPSA) is 15.3 Å². The van der Waals surface area contributed by atoms with Crippen molar-refractivity contribution >= 4 is 5.69 Å². The van der Waals surface area contributed by atoms with Gasteiger partial charge in [0.05, 0.1) is 6.54 Å². The second-order valence-electron chi connectivity index (χ2n) is 4.76. The largest absolute Gasteiger partial charge is 0.370 e. The number of hydrogen-bond acceptors (Lipinski definition) is 2. The Balaban J connectivity index is 2.00. The van der Waals surface area contributed by atoms with Crippen LogP contribution in [0.4, 0.5) is 5.69 Å². The van der Waals surface area contributed by atoms with Gasteiger partial charge < -0.3 is 10.2 Å². The summed E-state index contributed by atoms with van der Waals surface area (Å²) in [6.07, 6.45) is 6.42. The van der Waals surface area contributed by atoms with Gasteiger partial charge in [-0.15, -0.1) is 6.42 Å². The molecule has 0 aromatic heterocycles. The molecule has 0 bridgehead atoms. The summed E-state index contributed by atoms with van der Waals surface area (Å²) in [6.45, 7) is 6.10. The van der Waals surface area contributed by atoms with Crippen LogP contribution in [0.1, 0.15) is 12.5 Å². The fourth-order valence-corrected chi connectivity index (χ4v) is 2.49. The Labute approximate surface area is 104 Å². The number of rotatable bonds is 4. The van der Waals surface area contributed by atoms with E-state index < -0.39 is 0 Å². The Morgan fingerprint density at radius 1 is 1.47 bits per heavy atom. The SMILES string of the molecule is C#CCNCCN1CC(C)Cc2ccccc21. The minimum atomic E-state index is 0.658. The average Bonchev–Trinajstić information content (AvgIpc) is 2.34. The number of nitrogens with zero attached hydrogens (tertiary/aromatic N) is 1. The third-order valence-corrected chi connectivity index (χ3v) is 3.22. The van der Waals surface area contributed by atoms with Crippen LogP contribution in [0.25, 0.3) is 0 Å². The Bertz CT molecular complexity index is 406. The highest BCUT2D eigenvalue weighted by Gasteiger charge is 2.20. The maximum absolute atomic E-state index is 5.22. The molecule has 0 saturated carbocycles. The number of hydrogen-bond donors (Lipinski definition) is 1. The molecule has 1 aromatic carbocycles. The molecule has 90 valence electrons. The molecule has 2 rings (SSSR count). The number of fused-ring (bicyclic) bond motifs is 1. The van der Waals surface area contributed by atoms with Crippen LogP contribution in [0.2, 0.25) is 0 Å². The summed E-state index contributed by atoms with van der Waals surface area (Å²) in [5.41, 5.74) is 2.87. The lowest BCUT2D eigenvalue weighted by molar-refractivity contribution is 0.526. The smallest absolute Gasteiger partial charge is 0.0574 e. The molecule has 1 unspecified atom stereocenters. The van der Waals surface area contributed by atoms with Gasteiger partial charge in [-0.25, -0.2) is 0 Å². The van der Waals surface area contributed by atoms with Crippen LogP contribution in [0.15, 0.2) is 24.3 Å². The molecule has 2 heteroatoms. The third kappa shape index (κ3) is 3.01. The molecule has 0 aliphatic carbocycles. The summed E-state index contributed by atoms with van der Waals surface area (Å²) >= 11 is 0. The molecule has 0 spiro atoms. The first-order chi connectivity index (χ1) is 8.31. The normalized spacial score (nSPS) is 18.6. The molecule has 1 aliphatic rings. The van der Waals surface area contributed by atoms with Crippen molar-refractivity contribution in [1.29, 1.82) is 0 Å². The molecule has 0 fully saturated rings. The molecule has 1 aliphatic heterocycles. The van der Waals surface area contributed by atoms with Gasteiger partial charge in [-0.05, 0) is 24.0 Å². The van der Waals surface area contributed by atoms with E-state index >= 15 is 0 Å². The summed E-state index contributed by atoms with van der Waals surface area (Å²) in [4.78, 5) is 2.47. The summed E-state index contributed by atoms with van der Waals surface area (Å²) in [5.74, 6) is 3.34. The molecule has 1 atom stereocenters. The summed E-state index contributed by atoms with van der Waals surface area (Å²) in [7, 11) is 0. The number of nitrogens with one attached hydrogen (secondary N) is 1. The molecule has 17 heavy (non-hydrogen) atoms. The number of terminal acetylenes is 1. The average molecular weight is 228 g/mol. The lowest BCUT2D eigenvalue weighted by Gasteiger charge is -2.34. The minimum absolute atomic E-state index is 0.658. The van der Waals surface area contributed by atoms with E-state index in [9.17, 15) is 0 Å². The standard InChI is InChI=1S/C15H20N2/c1-3-8-16-9-10-17-12-13(2)11-14-6-4-5-7-15(14)17/h1,4-7,13,16H,8-12H2,2H3. The van der Waals surface area contributed by atoms with Gasteiger partial charge in [0.2, 0.25) is 0 Å². The maximum Gasteiger partial charge on any atom is 0.0574 e. The summed E-state index contributed by atoms with van der Waals surface area (Å²) < 4.78 is 0. The first kappa shape index (κ1) is 12.0. The Hall–Kier alpha value is -1.46. The zero-order valence-corrected chi connectivity index (χ0v) is 10.4. The fourth-order valence-electron chi connectivity index (χ4n) is 2.49. The van der Waals surface area contributed by atoms with E-state index in [1.54, 1.807) is 0 Å². The molecule has 0 radical (unpaired) electrons. The molecule has 0 amide bonds. The Morgan fingerprint density at radius 3 is 3.12 bits per heavy atom. The molecule has 1 N–H and O–H groups in total. The second-order valence-corrected chi connectivity index (χ2v) is 4.76. The van der Waals surface area contributed by atoms with Gasteiger partial charge in [-0.3, -0.25) is 0 Å². The van der Waals surface area contributed by atoms with Crippen LogP contribution in [0.3, 0.4) is 0 Å². The van der Waals surface area contributed by atoms with Crippen molar-refractivity contribution in [1.82, 2.24) is 5.32 Å². The van der Waals surface area contributed by atoms with Gasteiger partial charge in [0, 0.05) is 25.3 Å². The summed E-state index contributed by atoms with van der Waals surface area (Å²) in [6, 6.07) is 8.72. The molecule has 2 nitrogen and oxygen atoms in total. The first-order valence-electron chi connectivity index (χ1n) is 6.28. The van der Waals surface area contributed by atoms with Crippen LogP contribution < -0.4 is 10.2 Å². The number of anilines is 1. The van der Waals surface area contributed by atoms with Crippen molar-refractivity contribution in [2.45, 2.75) is 13.3 Å². The number of para-hydroxylation sites is 1. The van der Waals surface area contributed by atoms with Crippen molar-refractivity contribution in [2.24, 2.45) is 5.92 Å². The van der Waals surface area contributed by atoms with Crippen LogP contribution in [0, 0.1) is 18.3 Å². The second kappa shape index (κ2) is 5.75. The van der Waals surface area contributed by atoms with Crippen molar-refractivity contribution in [3.63, 3.8) is 0 Å². The van der Waals surface area contributed by atoms with E-state index in [-0.39, 0.29) is 0 Å². The quantitative estimate of drug-likeness (QED) is 0.625. The van der Waals surface area contributed by atoms with Gasteiger partial charge in [-0.2, -0.15) is 0 Å². The maximum atomic E-state index is 5.22. The van der Waals surface area contributed by atoms with Crippen molar-refractivity contribution in [2.75, 3.05) is 31.1 Å². The van der Waals surface area contributed by atoms with Gasteiger partial charge in [0.1, 0.15) is 0 Å². The third-order valence-electron chi connectivity index (χ3n) is 3.22. The van der Waals surface area contributed by atoms with Crippen molar-refractivity contribution in [3.05, 3.63) is 29.8 Å². The zero-order valence-electron chi connectivity index (χ0n) is 10.4. The molecule has 0 saturated heterocycles. The van der Waals surface area contributed by atoms with E-state index in [1.165, 1.54) is 17.7 Å². The molecular formula is C15H20N2. The molecular weight excluding hydrogens is 208 g/mol. The van der Waals surface area contributed by atoms with Crippen LogP contribution >= 0.6 is 0 Å². The van der Waals surface area contributed by atoms with Gasteiger partial charge in [-0.1, -0.05) is 31.0 Å². The van der Waals surface area contributed by atoms with Crippen LogP contribution in [-0.2, 0) is 6.42 Å². The van der Waals surface area contributed by atoms with Crippen LogP contribution in [0.5, 0.6) is 0 Å². The predicted octanol–water partition coefficient (Wildman–Crippen LogP) is 1.91. The van der Waals surface area contributed by atoms with Crippen molar-refractivity contribution in [3.8, 4) is 12.3 Å². The lowest BCUT2D eigenvalue weighted by Crippen LogP contribution is -2.39. The molecule has 1 aromatic rings. The molecule has 1 heterocycles. The van der Waals surface area contributed by atoms with Gasteiger partial charge >= 0.3 is 0 Å². The highest BCUT2D eigenvalue weighted by atomic mass is 15.2. The zero-order chi connectivity index (χ0) is 12.1. The first-order valence-corrected chi connectivity index (χ1v) is 6.28. The highest BCUT2D eigenvalue weighted by Crippen LogP contribution is 2.28.